The Morgan fingerprint density at radius 1 is 0.500 bits per heavy atom. The third-order valence-electron chi connectivity index (χ3n) is 15.8. The van der Waals surface area contributed by atoms with Crippen molar-refractivity contribution in [1.29, 1.82) is 0 Å². The van der Waals surface area contributed by atoms with Gasteiger partial charge in [-0.25, -0.2) is 9.59 Å². The molecule has 20 heteroatoms. The second-order valence-corrected chi connectivity index (χ2v) is 25.0. The first kappa shape index (κ1) is 74.1. The summed E-state index contributed by atoms with van der Waals surface area (Å²) in [4.78, 5) is 80.5. The van der Waals surface area contributed by atoms with Gasteiger partial charge in [0.25, 0.3) is 0 Å². The molecule has 2 aromatic carbocycles. The van der Waals surface area contributed by atoms with Crippen molar-refractivity contribution >= 4 is 35.6 Å². The largest absolute Gasteiger partial charge is 0.493 e. The SMILES string of the molecule is COCCCOc1cc(C[C@@H](C[C@H](N)[C@H](C[C@H](C(=O)NCC(C)(C)C(N)=O)C(C)C)OC(=O)/C=C/C(=O)O[C@@H](C[C@H](C(=O)NCC(C)(C)C(N)=O)C(C)C)[C@@H](N)C[C@H](Cc2ccc(OC)c(OCCCOC)c2)C(C)C)C(C)C)ccc1OC. The minimum Gasteiger partial charge on any atom is -0.493 e. The average Bonchev–Trinajstić information content (AvgIpc) is 3.65. The molecule has 0 aromatic heterocycles. The predicted octanol–water partition coefficient (Wildman–Crippen LogP) is 7.26. The summed E-state index contributed by atoms with van der Waals surface area (Å²) in [5.74, 6) is -3.15. The number of hydrogen-bond donors (Lipinski definition) is 6. The van der Waals surface area contributed by atoms with Crippen molar-refractivity contribution in [2.45, 2.75) is 159 Å². The number of esters is 2. The van der Waals surface area contributed by atoms with Gasteiger partial charge in [-0.1, -0.05) is 67.5 Å². The number of nitrogens with one attached hydrogen (secondary N) is 2. The Morgan fingerprint density at radius 3 is 1.13 bits per heavy atom. The summed E-state index contributed by atoms with van der Waals surface area (Å²) in [6, 6.07) is 9.99. The smallest absolute Gasteiger partial charge is 0.331 e. The highest BCUT2D eigenvalue weighted by Gasteiger charge is 2.37. The van der Waals surface area contributed by atoms with Crippen LogP contribution in [0.1, 0.15) is 133 Å². The number of nitrogens with two attached hydrogens (primary N) is 4. The molecule has 0 aliphatic heterocycles. The molecule has 84 heavy (non-hydrogen) atoms. The molecule has 8 atom stereocenters. The molecule has 0 spiro atoms. The van der Waals surface area contributed by atoms with E-state index in [4.69, 9.17) is 60.8 Å². The third-order valence-corrected chi connectivity index (χ3v) is 15.8. The lowest BCUT2D eigenvalue weighted by molar-refractivity contribution is -0.149. The first-order chi connectivity index (χ1) is 39.4. The summed E-state index contributed by atoms with van der Waals surface area (Å²) in [6.07, 6.45) is 3.21. The van der Waals surface area contributed by atoms with E-state index in [1.54, 1.807) is 56.1 Å². The molecular formula is C64H106N6O14. The van der Waals surface area contributed by atoms with Crippen LogP contribution >= 0.6 is 0 Å². The molecule has 0 aliphatic rings. The summed E-state index contributed by atoms with van der Waals surface area (Å²) in [7, 11) is 6.44. The Morgan fingerprint density at radius 2 is 0.845 bits per heavy atom. The molecule has 0 unspecified atom stereocenters. The maximum atomic E-state index is 14.1. The minimum atomic E-state index is -1.04. The highest BCUT2D eigenvalue weighted by atomic mass is 16.6. The van der Waals surface area contributed by atoms with Gasteiger partial charge in [0.15, 0.2) is 23.0 Å². The maximum Gasteiger partial charge on any atom is 0.331 e. The maximum absolute atomic E-state index is 14.1. The van der Waals surface area contributed by atoms with Gasteiger partial charge in [0.1, 0.15) is 12.2 Å². The molecule has 0 saturated carbocycles. The summed E-state index contributed by atoms with van der Waals surface area (Å²) in [6.45, 7) is 24.3. The van der Waals surface area contributed by atoms with Crippen molar-refractivity contribution in [3.63, 3.8) is 0 Å². The summed E-state index contributed by atoms with van der Waals surface area (Å²) < 4.78 is 46.1. The topological polar surface area (TPSA) is 304 Å². The summed E-state index contributed by atoms with van der Waals surface area (Å²) in [5, 5.41) is 5.75. The third kappa shape index (κ3) is 25.7. The summed E-state index contributed by atoms with van der Waals surface area (Å²) >= 11 is 0. The van der Waals surface area contributed by atoms with Crippen LogP contribution in [0.4, 0.5) is 0 Å². The van der Waals surface area contributed by atoms with Crippen LogP contribution in [0, 0.1) is 58.2 Å². The van der Waals surface area contributed by atoms with Crippen LogP contribution in [-0.2, 0) is 60.6 Å². The van der Waals surface area contributed by atoms with Crippen LogP contribution < -0.4 is 52.5 Å². The van der Waals surface area contributed by atoms with Gasteiger partial charge in [-0.05, 0) is 137 Å². The second kappa shape index (κ2) is 36.8. The van der Waals surface area contributed by atoms with Crippen LogP contribution in [0.5, 0.6) is 23.0 Å². The molecule has 0 radical (unpaired) electrons. The molecule has 10 N–H and O–H groups in total. The van der Waals surface area contributed by atoms with Crippen LogP contribution in [0.2, 0.25) is 0 Å². The minimum absolute atomic E-state index is 0.0149. The van der Waals surface area contributed by atoms with Crippen molar-refractivity contribution < 1.29 is 66.7 Å². The Balaban J connectivity index is 2.60. The molecule has 4 amide bonds. The number of hydrogen-bond acceptors (Lipinski definition) is 16. The number of rotatable bonds is 42. The molecule has 20 nitrogen and oxygen atoms in total. The van der Waals surface area contributed by atoms with E-state index in [0.717, 1.165) is 23.3 Å². The number of carbonyl (C=O) groups is 6. The standard InChI is InChI=1S/C64H106N6O14/c1-39(2)45(29-43-19-21-51(79-15)55(31-43)81-27-17-25-77-13)33-49(65)53(35-47(41(5)6)59(73)69-37-63(9,10)61(67)75)83-57(71)23-24-58(72)84-54(36-48(42(7)8)60(74)70-38-64(11,12)62(68)76)50(66)34-46(40(3)4)30-44-20-22-52(80-16)56(32-44)82-28-18-26-78-14/h19-24,31-32,39-42,45-50,53-54H,17-18,25-30,33-38,65-66H2,1-16H3,(H2,67,75)(H2,68,76)(H,69,73)(H,70,74)/b24-23+/t45-,46-,47-,48-,49-,50-,53-,54-/m0/s1. The van der Waals surface area contributed by atoms with Crippen LogP contribution in [-0.4, -0.2) is 128 Å². The average molecular weight is 1180 g/mol. The zero-order chi connectivity index (χ0) is 63.5. The van der Waals surface area contributed by atoms with Gasteiger partial charge in [-0.15, -0.1) is 0 Å². The zero-order valence-corrected chi connectivity index (χ0v) is 53.5. The number of primary amides is 2. The fourth-order valence-corrected chi connectivity index (χ4v) is 9.53. The number of amides is 4. The molecule has 0 heterocycles. The normalized spacial score (nSPS) is 15.0. The van der Waals surface area contributed by atoms with Gasteiger partial charge in [0.2, 0.25) is 23.6 Å². The van der Waals surface area contributed by atoms with Gasteiger partial charge < -0.3 is 71.5 Å². The van der Waals surface area contributed by atoms with Crippen LogP contribution in [0.25, 0.3) is 0 Å². The van der Waals surface area contributed by atoms with Crippen LogP contribution in [0.15, 0.2) is 48.6 Å². The van der Waals surface area contributed by atoms with E-state index in [2.05, 4.69) is 38.3 Å². The molecule has 0 fully saturated rings. The quantitative estimate of drug-likeness (QED) is 0.0216. The highest BCUT2D eigenvalue weighted by Crippen LogP contribution is 2.35. The van der Waals surface area contributed by atoms with Gasteiger partial charge in [0, 0.05) is 89.4 Å². The monoisotopic (exact) mass is 1180 g/mol. The fraction of sp³-hybridized carbons (Fsp3) is 0.688. The highest BCUT2D eigenvalue weighted by molar-refractivity contribution is 5.92. The van der Waals surface area contributed by atoms with Crippen molar-refractivity contribution in [2.24, 2.45) is 81.1 Å². The van der Waals surface area contributed by atoms with E-state index in [1.165, 1.54) is 0 Å². The Hall–Kier alpha value is -5.96. The molecular weight excluding hydrogens is 1080 g/mol. The van der Waals surface area contributed by atoms with Gasteiger partial charge in [-0.2, -0.15) is 0 Å². The number of ether oxygens (including phenoxy) is 8. The van der Waals surface area contributed by atoms with E-state index in [9.17, 15) is 28.8 Å². The van der Waals surface area contributed by atoms with E-state index in [-0.39, 0.29) is 73.3 Å². The van der Waals surface area contributed by atoms with Gasteiger partial charge >= 0.3 is 11.9 Å². The lowest BCUT2D eigenvalue weighted by Gasteiger charge is -2.33. The van der Waals surface area contributed by atoms with Gasteiger partial charge in [0.05, 0.1) is 38.3 Å². The first-order valence-corrected chi connectivity index (χ1v) is 29.7. The number of methoxy groups -OCH3 is 4. The van der Waals surface area contributed by atoms with Gasteiger partial charge in [-0.3, -0.25) is 19.2 Å². The van der Waals surface area contributed by atoms with E-state index in [1.807, 2.05) is 64.1 Å². The van der Waals surface area contributed by atoms with Crippen LogP contribution in [0.3, 0.4) is 0 Å². The lowest BCUT2D eigenvalue weighted by Crippen LogP contribution is -2.47. The summed E-state index contributed by atoms with van der Waals surface area (Å²) in [5.41, 5.74) is 25.4. The van der Waals surface area contributed by atoms with Crippen molar-refractivity contribution in [2.75, 3.05) is 68.0 Å². The van der Waals surface area contributed by atoms with Crippen molar-refractivity contribution in [3.05, 3.63) is 59.7 Å². The Labute approximate surface area is 501 Å². The fourth-order valence-electron chi connectivity index (χ4n) is 9.53. The van der Waals surface area contributed by atoms with E-state index in [0.29, 0.717) is 88.0 Å². The molecule has 0 aliphatic carbocycles. The Kier molecular flexibility index (Phi) is 32.5. The molecule has 476 valence electrons. The molecule has 2 aromatic rings. The lowest BCUT2D eigenvalue weighted by atomic mass is 9.80. The molecule has 2 rings (SSSR count). The second-order valence-electron chi connectivity index (χ2n) is 25.0. The molecule has 0 saturated heterocycles. The number of carbonyl (C=O) groups excluding carboxylic acids is 6. The predicted molar refractivity (Wildman–Crippen MR) is 326 cm³/mol. The Bertz CT molecular complexity index is 2230. The van der Waals surface area contributed by atoms with Crippen molar-refractivity contribution in [1.82, 2.24) is 10.6 Å². The van der Waals surface area contributed by atoms with Crippen molar-refractivity contribution in [3.8, 4) is 23.0 Å². The zero-order valence-electron chi connectivity index (χ0n) is 53.5. The van der Waals surface area contributed by atoms with E-state index >= 15 is 0 Å². The van der Waals surface area contributed by atoms with E-state index < -0.39 is 70.7 Å². The number of benzene rings is 2. The molecule has 0 bridgehead atoms. The first-order valence-electron chi connectivity index (χ1n) is 29.7.